The van der Waals surface area contributed by atoms with Crippen LogP contribution >= 0.6 is 0 Å². The largest absolute Gasteiger partial charge is 0.416 e. The summed E-state index contributed by atoms with van der Waals surface area (Å²) in [5.41, 5.74) is 1.20. The van der Waals surface area contributed by atoms with Gasteiger partial charge < -0.3 is 15.4 Å². The number of hydrogen-bond acceptors (Lipinski definition) is 2. The Kier molecular flexibility index (Phi) is 6.03. The molecule has 7 heteroatoms. The highest BCUT2D eigenvalue weighted by atomic mass is 19.4. The summed E-state index contributed by atoms with van der Waals surface area (Å²) in [6.07, 6.45) is -4.81. The van der Waals surface area contributed by atoms with Crippen LogP contribution in [0.3, 0.4) is 0 Å². The number of methoxy groups -OCH3 is 1. The molecule has 0 bridgehead atoms. The van der Waals surface area contributed by atoms with Crippen LogP contribution in [0, 0.1) is 6.92 Å². The molecule has 2 rings (SSSR count). The molecule has 2 aromatic rings. The number of amides is 2. The van der Waals surface area contributed by atoms with Gasteiger partial charge in [0.2, 0.25) is 0 Å². The third kappa shape index (κ3) is 5.22. The van der Waals surface area contributed by atoms with Crippen molar-refractivity contribution in [2.45, 2.75) is 19.2 Å². The monoisotopic (exact) mass is 352 g/mol. The average molecular weight is 352 g/mol. The lowest BCUT2D eigenvalue weighted by Crippen LogP contribution is -2.33. The van der Waals surface area contributed by atoms with Gasteiger partial charge in [-0.15, -0.1) is 0 Å². The molecular weight excluding hydrogens is 333 g/mol. The smallest absolute Gasteiger partial charge is 0.375 e. The zero-order valence-electron chi connectivity index (χ0n) is 13.9. The Morgan fingerprint density at radius 2 is 1.88 bits per heavy atom. The minimum absolute atomic E-state index is 0.0668. The summed E-state index contributed by atoms with van der Waals surface area (Å²) in [5.74, 6) is 0. The van der Waals surface area contributed by atoms with Gasteiger partial charge >= 0.3 is 12.2 Å². The van der Waals surface area contributed by atoms with Crippen molar-refractivity contribution in [2.75, 3.05) is 19.0 Å². The average Bonchev–Trinajstić information content (AvgIpc) is 2.56. The van der Waals surface area contributed by atoms with Gasteiger partial charge in [-0.05, 0) is 36.2 Å². The van der Waals surface area contributed by atoms with Crippen LogP contribution in [0.15, 0.2) is 48.5 Å². The first-order valence-corrected chi connectivity index (χ1v) is 7.61. The molecule has 4 nitrogen and oxygen atoms in total. The number of halogens is 3. The molecule has 0 aliphatic rings. The zero-order valence-corrected chi connectivity index (χ0v) is 13.9. The summed E-state index contributed by atoms with van der Waals surface area (Å²) >= 11 is 0. The minimum Gasteiger partial charge on any atom is -0.375 e. The second-order valence-corrected chi connectivity index (χ2v) is 5.49. The first-order valence-electron chi connectivity index (χ1n) is 7.61. The number of anilines is 1. The number of carbonyl (C=O) groups excluding carboxylic acids is 1. The predicted molar refractivity (Wildman–Crippen MR) is 89.4 cm³/mol. The van der Waals surface area contributed by atoms with E-state index in [0.29, 0.717) is 0 Å². The first kappa shape index (κ1) is 18.8. The van der Waals surface area contributed by atoms with E-state index in [1.807, 2.05) is 31.2 Å². The second kappa shape index (κ2) is 8.02. The van der Waals surface area contributed by atoms with E-state index in [1.165, 1.54) is 19.2 Å². The topological polar surface area (TPSA) is 50.4 Å². The second-order valence-electron chi connectivity index (χ2n) is 5.49. The molecule has 0 spiro atoms. The molecule has 0 heterocycles. The number of aryl methyl sites for hydroxylation is 1. The molecule has 0 saturated heterocycles. The van der Waals surface area contributed by atoms with Crippen LogP contribution in [0.4, 0.5) is 23.7 Å². The maximum Gasteiger partial charge on any atom is 0.416 e. The molecular formula is C18H19F3N2O2. The van der Waals surface area contributed by atoms with Gasteiger partial charge in [0, 0.05) is 19.3 Å². The van der Waals surface area contributed by atoms with Crippen molar-refractivity contribution in [1.82, 2.24) is 5.32 Å². The molecule has 1 unspecified atom stereocenters. The third-order valence-corrected chi connectivity index (χ3v) is 3.72. The summed E-state index contributed by atoms with van der Waals surface area (Å²) in [6.45, 7) is 2.12. The molecule has 0 aliphatic carbocycles. The summed E-state index contributed by atoms with van der Waals surface area (Å²) in [4.78, 5) is 12.0. The maximum absolute atomic E-state index is 12.7. The summed E-state index contributed by atoms with van der Waals surface area (Å²) in [6, 6.07) is 11.5. The van der Waals surface area contributed by atoms with E-state index in [4.69, 9.17) is 4.74 Å². The lowest BCUT2D eigenvalue weighted by Gasteiger charge is -2.19. The fourth-order valence-corrected chi connectivity index (χ4v) is 2.40. The Labute approximate surface area is 144 Å². The van der Waals surface area contributed by atoms with Crippen molar-refractivity contribution < 1.29 is 22.7 Å². The molecule has 2 aromatic carbocycles. The lowest BCUT2D eigenvalue weighted by atomic mass is 10.0. The number of benzene rings is 2. The van der Waals surface area contributed by atoms with Gasteiger partial charge in [-0.3, -0.25) is 0 Å². The van der Waals surface area contributed by atoms with Gasteiger partial charge in [-0.1, -0.05) is 30.3 Å². The Bertz CT molecular complexity index is 732. The molecule has 2 N–H and O–H groups in total. The number of nitrogens with one attached hydrogen (secondary N) is 2. The van der Waals surface area contributed by atoms with E-state index in [0.717, 1.165) is 23.3 Å². The van der Waals surface area contributed by atoms with Crippen LogP contribution in [-0.2, 0) is 10.9 Å². The van der Waals surface area contributed by atoms with E-state index in [-0.39, 0.29) is 18.3 Å². The van der Waals surface area contributed by atoms with E-state index in [9.17, 15) is 18.0 Å². The van der Waals surface area contributed by atoms with Gasteiger partial charge in [0.1, 0.15) is 0 Å². The number of rotatable bonds is 5. The summed E-state index contributed by atoms with van der Waals surface area (Å²) in [5, 5.41) is 5.00. The van der Waals surface area contributed by atoms with Crippen molar-refractivity contribution in [3.8, 4) is 0 Å². The number of carbonyl (C=O) groups is 1. The van der Waals surface area contributed by atoms with E-state index in [2.05, 4.69) is 10.6 Å². The highest BCUT2D eigenvalue weighted by Crippen LogP contribution is 2.30. The molecule has 0 radical (unpaired) electrons. The molecule has 0 aromatic heterocycles. The van der Waals surface area contributed by atoms with Crippen LogP contribution < -0.4 is 10.6 Å². The fraction of sp³-hybridized carbons (Fsp3) is 0.278. The number of alkyl halides is 3. The van der Waals surface area contributed by atoms with Crippen LogP contribution in [0.1, 0.15) is 22.8 Å². The van der Waals surface area contributed by atoms with Crippen LogP contribution in [0.2, 0.25) is 0 Å². The molecule has 0 saturated carbocycles. The van der Waals surface area contributed by atoms with Crippen molar-refractivity contribution >= 4 is 11.7 Å². The minimum atomic E-state index is -4.46. The number of urea groups is 1. The van der Waals surface area contributed by atoms with Gasteiger partial charge in [0.05, 0.1) is 11.7 Å². The molecule has 1 atom stereocenters. The van der Waals surface area contributed by atoms with Gasteiger partial charge in [0.25, 0.3) is 0 Å². The maximum atomic E-state index is 12.7. The van der Waals surface area contributed by atoms with Crippen molar-refractivity contribution in [1.29, 1.82) is 0 Å². The van der Waals surface area contributed by atoms with E-state index < -0.39 is 17.8 Å². The highest BCUT2D eigenvalue weighted by Gasteiger charge is 2.30. The summed E-state index contributed by atoms with van der Waals surface area (Å²) in [7, 11) is 1.53. The summed E-state index contributed by atoms with van der Waals surface area (Å²) < 4.78 is 43.4. The molecule has 0 fully saturated rings. The highest BCUT2D eigenvalue weighted by molar-refractivity contribution is 5.89. The van der Waals surface area contributed by atoms with Crippen LogP contribution in [-0.4, -0.2) is 19.7 Å². The molecule has 25 heavy (non-hydrogen) atoms. The number of ether oxygens (including phenoxy) is 1. The SMILES string of the molecule is COC(CNC(=O)Nc1cccc(C(F)(F)F)c1)c1ccccc1C. The van der Waals surface area contributed by atoms with Crippen molar-refractivity contribution in [2.24, 2.45) is 0 Å². The molecule has 2 amide bonds. The standard InChI is InChI=1S/C18H19F3N2O2/c1-12-6-3-4-9-15(12)16(25-2)11-22-17(24)23-14-8-5-7-13(10-14)18(19,20)21/h3-10,16H,11H2,1-2H3,(H2,22,23,24). The quantitative estimate of drug-likeness (QED) is 0.831. The molecule has 0 aliphatic heterocycles. The van der Waals surface area contributed by atoms with Gasteiger partial charge in [-0.2, -0.15) is 13.2 Å². The Hall–Kier alpha value is -2.54. The van der Waals surface area contributed by atoms with Crippen molar-refractivity contribution in [3.63, 3.8) is 0 Å². The van der Waals surface area contributed by atoms with E-state index in [1.54, 1.807) is 0 Å². The zero-order chi connectivity index (χ0) is 18.4. The Morgan fingerprint density at radius 1 is 1.16 bits per heavy atom. The Morgan fingerprint density at radius 3 is 2.52 bits per heavy atom. The fourth-order valence-electron chi connectivity index (χ4n) is 2.40. The van der Waals surface area contributed by atoms with Gasteiger partial charge in [-0.25, -0.2) is 4.79 Å². The van der Waals surface area contributed by atoms with E-state index >= 15 is 0 Å². The Balaban J connectivity index is 1.97. The normalized spacial score (nSPS) is 12.5. The van der Waals surface area contributed by atoms with Crippen molar-refractivity contribution in [3.05, 3.63) is 65.2 Å². The van der Waals surface area contributed by atoms with Gasteiger partial charge in [0.15, 0.2) is 0 Å². The van der Waals surface area contributed by atoms with Crippen LogP contribution in [0.5, 0.6) is 0 Å². The predicted octanol–water partition coefficient (Wildman–Crippen LogP) is 4.52. The number of hydrogen-bond donors (Lipinski definition) is 2. The first-order chi connectivity index (χ1) is 11.8. The third-order valence-electron chi connectivity index (χ3n) is 3.72. The lowest BCUT2D eigenvalue weighted by molar-refractivity contribution is -0.137. The molecule has 134 valence electrons. The van der Waals surface area contributed by atoms with Crippen LogP contribution in [0.25, 0.3) is 0 Å².